The first kappa shape index (κ1) is 18.1. The van der Waals surface area contributed by atoms with E-state index in [1.165, 1.54) is 0 Å². The molecule has 132 valence electrons. The SMILES string of the molecule is CC1CC(C(=O)O)CN(C(=O)NCC(C)N(C)c2ccccc2)C1. The van der Waals surface area contributed by atoms with E-state index in [4.69, 9.17) is 0 Å². The number of carbonyl (C=O) groups is 2. The molecule has 0 aromatic heterocycles. The van der Waals surface area contributed by atoms with Gasteiger partial charge in [0.2, 0.25) is 0 Å². The third-order valence-electron chi connectivity index (χ3n) is 4.67. The van der Waals surface area contributed by atoms with Gasteiger partial charge in [0.25, 0.3) is 0 Å². The minimum Gasteiger partial charge on any atom is -0.481 e. The summed E-state index contributed by atoms with van der Waals surface area (Å²) in [5, 5.41) is 12.1. The number of amides is 2. The van der Waals surface area contributed by atoms with Crippen LogP contribution in [0.4, 0.5) is 10.5 Å². The standard InChI is InChI=1S/C18H27N3O3/c1-13-9-15(17(22)23)12-21(11-13)18(24)19-10-14(2)20(3)16-7-5-4-6-8-16/h4-8,13-15H,9-12H2,1-3H3,(H,19,24)(H,22,23). The number of carbonyl (C=O) groups excluding carboxylic acids is 1. The van der Waals surface area contributed by atoms with Crippen LogP contribution in [-0.4, -0.2) is 54.7 Å². The highest BCUT2D eigenvalue weighted by Crippen LogP contribution is 2.21. The molecular formula is C18H27N3O3. The number of aliphatic carboxylic acids is 1. The highest BCUT2D eigenvalue weighted by molar-refractivity contribution is 5.76. The molecule has 1 fully saturated rings. The smallest absolute Gasteiger partial charge is 0.317 e. The number of urea groups is 1. The van der Waals surface area contributed by atoms with E-state index in [0.717, 1.165) is 5.69 Å². The molecule has 0 bridgehead atoms. The first-order chi connectivity index (χ1) is 11.4. The van der Waals surface area contributed by atoms with Crippen LogP contribution < -0.4 is 10.2 Å². The minimum atomic E-state index is -0.823. The van der Waals surface area contributed by atoms with Gasteiger partial charge in [-0.15, -0.1) is 0 Å². The summed E-state index contributed by atoms with van der Waals surface area (Å²) in [4.78, 5) is 27.3. The zero-order chi connectivity index (χ0) is 17.7. The third-order valence-corrected chi connectivity index (χ3v) is 4.67. The third kappa shape index (κ3) is 4.63. The van der Waals surface area contributed by atoms with Crippen molar-refractivity contribution in [1.82, 2.24) is 10.2 Å². The summed E-state index contributed by atoms with van der Waals surface area (Å²) in [5.74, 6) is -1.09. The molecule has 1 heterocycles. The number of para-hydroxylation sites is 1. The topological polar surface area (TPSA) is 72.9 Å². The van der Waals surface area contributed by atoms with Crippen molar-refractivity contribution in [2.75, 3.05) is 31.6 Å². The normalized spacial score (nSPS) is 21.9. The van der Waals surface area contributed by atoms with Crippen LogP contribution in [0.15, 0.2) is 30.3 Å². The Morgan fingerprint density at radius 2 is 2.00 bits per heavy atom. The Hall–Kier alpha value is -2.24. The second-order valence-corrected chi connectivity index (χ2v) is 6.76. The number of piperidine rings is 1. The number of nitrogens with one attached hydrogen (secondary N) is 1. The molecule has 1 aliphatic heterocycles. The number of likely N-dealkylation sites (tertiary alicyclic amines) is 1. The van der Waals surface area contributed by atoms with E-state index in [1.54, 1.807) is 4.90 Å². The van der Waals surface area contributed by atoms with Gasteiger partial charge < -0.3 is 20.2 Å². The van der Waals surface area contributed by atoms with Gasteiger partial charge in [-0.1, -0.05) is 25.1 Å². The van der Waals surface area contributed by atoms with Crippen molar-refractivity contribution in [3.63, 3.8) is 0 Å². The van der Waals surface area contributed by atoms with Gasteiger partial charge in [0, 0.05) is 38.4 Å². The largest absolute Gasteiger partial charge is 0.481 e. The van der Waals surface area contributed by atoms with Crippen LogP contribution in [0.1, 0.15) is 20.3 Å². The van der Waals surface area contributed by atoms with Crippen molar-refractivity contribution in [3.05, 3.63) is 30.3 Å². The van der Waals surface area contributed by atoms with E-state index in [9.17, 15) is 14.7 Å². The number of hydrogen-bond acceptors (Lipinski definition) is 3. The Labute approximate surface area is 143 Å². The molecule has 2 N–H and O–H groups in total. The first-order valence-corrected chi connectivity index (χ1v) is 8.42. The number of rotatable bonds is 5. The van der Waals surface area contributed by atoms with Gasteiger partial charge in [0.1, 0.15) is 0 Å². The molecule has 0 aliphatic carbocycles. The van der Waals surface area contributed by atoms with Gasteiger partial charge in [-0.05, 0) is 31.4 Å². The highest BCUT2D eigenvalue weighted by Gasteiger charge is 2.31. The van der Waals surface area contributed by atoms with E-state index >= 15 is 0 Å². The predicted molar refractivity (Wildman–Crippen MR) is 94.2 cm³/mol. The summed E-state index contributed by atoms with van der Waals surface area (Å²) in [7, 11) is 2.00. The molecule has 0 radical (unpaired) electrons. The van der Waals surface area contributed by atoms with E-state index in [2.05, 4.69) is 10.2 Å². The molecular weight excluding hydrogens is 306 g/mol. The molecule has 3 atom stereocenters. The monoisotopic (exact) mass is 333 g/mol. The Morgan fingerprint density at radius 1 is 1.33 bits per heavy atom. The average molecular weight is 333 g/mol. The number of benzene rings is 1. The van der Waals surface area contributed by atoms with Crippen LogP contribution in [0.2, 0.25) is 0 Å². The lowest BCUT2D eigenvalue weighted by Gasteiger charge is -2.35. The molecule has 1 aliphatic rings. The Kier molecular flexibility index (Phi) is 6.06. The summed E-state index contributed by atoms with van der Waals surface area (Å²) in [6, 6.07) is 9.95. The van der Waals surface area contributed by atoms with Crippen molar-refractivity contribution in [2.24, 2.45) is 11.8 Å². The molecule has 6 heteroatoms. The molecule has 1 saturated heterocycles. The van der Waals surface area contributed by atoms with Crippen LogP contribution in [0.25, 0.3) is 0 Å². The Bertz CT molecular complexity index is 564. The minimum absolute atomic E-state index is 0.133. The van der Waals surface area contributed by atoms with Gasteiger partial charge in [0.05, 0.1) is 5.92 Å². The molecule has 2 amide bonds. The summed E-state index contributed by atoms with van der Waals surface area (Å²) in [6.07, 6.45) is 0.631. The maximum absolute atomic E-state index is 12.4. The lowest BCUT2D eigenvalue weighted by molar-refractivity contribution is -0.143. The van der Waals surface area contributed by atoms with Crippen molar-refractivity contribution in [3.8, 4) is 0 Å². The summed E-state index contributed by atoms with van der Waals surface area (Å²) in [6.45, 7) is 5.44. The van der Waals surface area contributed by atoms with Crippen LogP contribution in [0.5, 0.6) is 0 Å². The lowest BCUT2D eigenvalue weighted by atomic mass is 9.91. The van der Waals surface area contributed by atoms with Gasteiger partial charge in [-0.2, -0.15) is 0 Å². The summed E-state index contributed by atoms with van der Waals surface area (Å²) < 4.78 is 0. The quantitative estimate of drug-likeness (QED) is 0.867. The number of nitrogens with zero attached hydrogens (tertiary/aromatic N) is 2. The molecule has 1 aromatic rings. The van der Waals surface area contributed by atoms with E-state index in [-0.39, 0.29) is 24.5 Å². The zero-order valence-electron chi connectivity index (χ0n) is 14.6. The van der Waals surface area contributed by atoms with Crippen LogP contribution in [0, 0.1) is 11.8 Å². The number of likely N-dealkylation sites (N-methyl/N-ethyl adjacent to an activating group) is 1. The Morgan fingerprint density at radius 3 is 2.62 bits per heavy atom. The molecule has 0 spiro atoms. The molecule has 1 aromatic carbocycles. The molecule has 6 nitrogen and oxygen atoms in total. The highest BCUT2D eigenvalue weighted by atomic mass is 16.4. The predicted octanol–water partition coefficient (Wildman–Crippen LogP) is 2.26. The molecule has 2 rings (SSSR count). The first-order valence-electron chi connectivity index (χ1n) is 8.42. The van der Waals surface area contributed by atoms with Gasteiger partial charge >= 0.3 is 12.0 Å². The number of hydrogen-bond donors (Lipinski definition) is 2. The van der Waals surface area contributed by atoms with Crippen LogP contribution in [-0.2, 0) is 4.79 Å². The Balaban J connectivity index is 1.87. The number of anilines is 1. The molecule has 0 saturated carbocycles. The fourth-order valence-electron chi connectivity index (χ4n) is 3.10. The maximum Gasteiger partial charge on any atom is 0.317 e. The fraction of sp³-hybridized carbons (Fsp3) is 0.556. The van der Waals surface area contributed by atoms with Crippen molar-refractivity contribution in [2.45, 2.75) is 26.3 Å². The van der Waals surface area contributed by atoms with Crippen molar-refractivity contribution in [1.29, 1.82) is 0 Å². The number of carboxylic acids is 1. The fourth-order valence-corrected chi connectivity index (χ4v) is 3.10. The van der Waals surface area contributed by atoms with Crippen molar-refractivity contribution >= 4 is 17.7 Å². The molecule has 3 unspecified atom stereocenters. The summed E-state index contributed by atoms with van der Waals surface area (Å²) in [5.41, 5.74) is 1.09. The second kappa shape index (κ2) is 8.04. The van der Waals surface area contributed by atoms with Gasteiger partial charge in [-0.3, -0.25) is 4.79 Å². The summed E-state index contributed by atoms with van der Waals surface area (Å²) >= 11 is 0. The van der Waals surface area contributed by atoms with E-state index < -0.39 is 11.9 Å². The van der Waals surface area contributed by atoms with E-state index in [0.29, 0.717) is 19.5 Å². The molecule has 24 heavy (non-hydrogen) atoms. The average Bonchev–Trinajstić information content (AvgIpc) is 2.58. The number of carboxylic acid groups (broad SMARTS) is 1. The van der Waals surface area contributed by atoms with Gasteiger partial charge in [-0.25, -0.2) is 4.79 Å². The second-order valence-electron chi connectivity index (χ2n) is 6.76. The van der Waals surface area contributed by atoms with Crippen LogP contribution in [0.3, 0.4) is 0 Å². The van der Waals surface area contributed by atoms with Gasteiger partial charge in [0.15, 0.2) is 0 Å². The van der Waals surface area contributed by atoms with Crippen LogP contribution >= 0.6 is 0 Å². The zero-order valence-corrected chi connectivity index (χ0v) is 14.6. The maximum atomic E-state index is 12.4. The lowest BCUT2D eigenvalue weighted by Crippen LogP contribution is -2.51. The van der Waals surface area contributed by atoms with E-state index in [1.807, 2.05) is 51.2 Å². The van der Waals surface area contributed by atoms with Crippen molar-refractivity contribution < 1.29 is 14.7 Å².